The van der Waals surface area contributed by atoms with Crippen LogP contribution >= 0.6 is 0 Å². The lowest BCUT2D eigenvalue weighted by Gasteiger charge is -2.12. The van der Waals surface area contributed by atoms with Gasteiger partial charge in [0.1, 0.15) is 0 Å². The minimum Gasteiger partial charge on any atom is -0.490 e. The van der Waals surface area contributed by atoms with Gasteiger partial charge in [0.15, 0.2) is 11.6 Å². The predicted molar refractivity (Wildman–Crippen MR) is 61.9 cm³/mol. The summed E-state index contributed by atoms with van der Waals surface area (Å²) in [5.74, 6) is -1.70. The number of aliphatic hydroxyl groups is 1. The molecule has 1 aromatic carbocycles. The molecule has 4 heteroatoms. The maximum Gasteiger partial charge on any atom is 0.200 e. The predicted octanol–water partition coefficient (Wildman–Crippen LogP) is 3.44. The quantitative estimate of drug-likeness (QED) is 0.859. The van der Waals surface area contributed by atoms with Crippen LogP contribution in [0.1, 0.15) is 38.9 Å². The molecule has 1 rings (SSSR count). The van der Waals surface area contributed by atoms with Crippen LogP contribution in [-0.2, 0) is 0 Å². The summed E-state index contributed by atoms with van der Waals surface area (Å²) in [4.78, 5) is 0. The molecule has 0 aliphatic heterocycles. The average Bonchev–Trinajstić information content (AvgIpc) is 2.23. The fourth-order valence-electron chi connectivity index (χ4n) is 1.33. The van der Waals surface area contributed by atoms with Crippen LogP contribution in [0.25, 0.3) is 0 Å². The fourth-order valence-corrected chi connectivity index (χ4v) is 1.33. The molecule has 0 fully saturated rings. The van der Waals surface area contributed by atoms with Gasteiger partial charge >= 0.3 is 0 Å². The van der Waals surface area contributed by atoms with E-state index in [0.717, 1.165) is 12.5 Å². The summed E-state index contributed by atoms with van der Waals surface area (Å²) in [6.07, 6.45) is -0.0856. The van der Waals surface area contributed by atoms with Crippen LogP contribution in [0.5, 0.6) is 5.75 Å². The van der Waals surface area contributed by atoms with E-state index < -0.39 is 17.7 Å². The summed E-state index contributed by atoms with van der Waals surface area (Å²) in [6.45, 7) is 5.86. The molecule has 0 saturated heterocycles. The molecule has 1 N–H and O–H groups in total. The zero-order valence-corrected chi connectivity index (χ0v) is 10.3. The topological polar surface area (TPSA) is 29.5 Å². The summed E-state index contributed by atoms with van der Waals surface area (Å²) in [5, 5.41) is 9.33. The second-order valence-corrected chi connectivity index (χ2v) is 4.52. The Kier molecular flexibility index (Phi) is 4.87. The second-order valence-electron chi connectivity index (χ2n) is 4.52. The molecule has 0 aliphatic rings. The van der Waals surface area contributed by atoms with Crippen molar-refractivity contribution in [2.45, 2.75) is 33.3 Å². The standard InChI is InChI=1S/C13H18F2O2/c1-8(2)4-5-17-12-7-10(9(3)16)6-11(14)13(12)15/h6-9,16H,4-5H2,1-3H3/t9-/m0/s1. The van der Waals surface area contributed by atoms with Crippen LogP contribution in [-0.4, -0.2) is 11.7 Å². The Morgan fingerprint density at radius 3 is 2.41 bits per heavy atom. The maximum atomic E-state index is 13.4. The van der Waals surface area contributed by atoms with Crippen molar-refractivity contribution in [2.75, 3.05) is 6.61 Å². The summed E-state index contributed by atoms with van der Waals surface area (Å²) in [7, 11) is 0. The molecule has 96 valence electrons. The minimum atomic E-state index is -1.00. The zero-order chi connectivity index (χ0) is 13.0. The van der Waals surface area contributed by atoms with Gasteiger partial charge in [-0.25, -0.2) is 4.39 Å². The van der Waals surface area contributed by atoms with Gasteiger partial charge < -0.3 is 9.84 Å². The first-order valence-electron chi connectivity index (χ1n) is 5.71. The number of benzene rings is 1. The summed E-state index contributed by atoms with van der Waals surface area (Å²) >= 11 is 0. The Hall–Kier alpha value is -1.16. The molecule has 0 bridgehead atoms. The third-order valence-electron chi connectivity index (χ3n) is 2.45. The van der Waals surface area contributed by atoms with Crippen molar-refractivity contribution in [1.82, 2.24) is 0 Å². The lowest BCUT2D eigenvalue weighted by Crippen LogP contribution is -2.05. The highest BCUT2D eigenvalue weighted by atomic mass is 19.2. The number of ether oxygens (including phenoxy) is 1. The van der Waals surface area contributed by atoms with Gasteiger partial charge in [-0.3, -0.25) is 0 Å². The van der Waals surface area contributed by atoms with Crippen molar-refractivity contribution in [3.8, 4) is 5.75 Å². The molecule has 0 amide bonds. The number of rotatable bonds is 5. The van der Waals surface area contributed by atoms with Crippen LogP contribution in [0, 0.1) is 17.6 Å². The third kappa shape index (κ3) is 3.97. The molecule has 17 heavy (non-hydrogen) atoms. The van der Waals surface area contributed by atoms with Gasteiger partial charge in [0.05, 0.1) is 12.7 Å². The normalized spacial score (nSPS) is 12.9. The highest BCUT2D eigenvalue weighted by molar-refractivity contribution is 5.32. The first-order valence-corrected chi connectivity index (χ1v) is 5.71. The van der Waals surface area contributed by atoms with Gasteiger partial charge in [-0.1, -0.05) is 13.8 Å². The molecule has 0 spiro atoms. The maximum absolute atomic E-state index is 13.4. The van der Waals surface area contributed by atoms with Crippen molar-refractivity contribution in [3.05, 3.63) is 29.3 Å². The Labute approximate surface area is 100 Å². The first kappa shape index (κ1) is 13.9. The summed E-state index contributed by atoms with van der Waals surface area (Å²) < 4.78 is 31.8. The SMILES string of the molecule is CC(C)CCOc1cc([C@H](C)O)cc(F)c1F. The number of hydrogen-bond donors (Lipinski definition) is 1. The van der Waals surface area contributed by atoms with E-state index >= 15 is 0 Å². The third-order valence-corrected chi connectivity index (χ3v) is 2.45. The highest BCUT2D eigenvalue weighted by Gasteiger charge is 2.14. The van der Waals surface area contributed by atoms with Gasteiger partial charge in [0.25, 0.3) is 0 Å². The molecular formula is C13H18F2O2. The fraction of sp³-hybridized carbons (Fsp3) is 0.538. The lowest BCUT2D eigenvalue weighted by molar-refractivity contribution is 0.197. The zero-order valence-electron chi connectivity index (χ0n) is 10.3. The summed E-state index contributed by atoms with van der Waals surface area (Å²) in [6, 6.07) is 2.32. The van der Waals surface area contributed by atoms with Gasteiger partial charge in [-0.15, -0.1) is 0 Å². The van der Waals surface area contributed by atoms with Crippen LogP contribution in [0.2, 0.25) is 0 Å². The Balaban J connectivity index is 2.82. The van der Waals surface area contributed by atoms with E-state index in [2.05, 4.69) is 0 Å². The van der Waals surface area contributed by atoms with E-state index in [1.807, 2.05) is 13.8 Å². The molecule has 2 nitrogen and oxygen atoms in total. The van der Waals surface area contributed by atoms with Gasteiger partial charge in [-0.05, 0) is 37.0 Å². The number of hydrogen-bond acceptors (Lipinski definition) is 2. The highest BCUT2D eigenvalue weighted by Crippen LogP contribution is 2.25. The molecule has 1 atom stereocenters. The van der Waals surface area contributed by atoms with Gasteiger partial charge in [-0.2, -0.15) is 4.39 Å². The smallest absolute Gasteiger partial charge is 0.200 e. The molecule has 0 radical (unpaired) electrons. The number of halogens is 2. The average molecular weight is 244 g/mol. The minimum absolute atomic E-state index is 0.137. The van der Waals surface area contributed by atoms with E-state index in [1.54, 1.807) is 0 Å². The first-order chi connectivity index (χ1) is 7.91. The van der Waals surface area contributed by atoms with Crippen molar-refractivity contribution >= 4 is 0 Å². The Morgan fingerprint density at radius 2 is 1.88 bits per heavy atom. The van der Waals surface area contributed by atoms with E-state index in [0.29, 0.717) is 18.1 Å². The Bertz CT molecular complexity index is 376. The van der Waals surface area contributed by atoms with E-state index in [1.165, 1.54) is 13.0 Å². The van der Waals surface area contributed by atoms with Crippen LogP contribution in [0.15, 0.2) is 12.1 Å². The number of aliphatic hydroxyl groups excluding tert-OH is 1. The summed E-state index contributed by atoms with van der Waals surface area (Å²) in [5.41, 5.74) is 0.309. The van der Waals surface area contributed by atoms with Crippen molar-refractivity contribution in [3.63, 3.8) is 0 Å². The molecule has 0 heterocycles. The molecule has 0 aromatic heterocycles. The van der Waals surface area contributed by atoms with Crippen LogP contribution in [0.4, 0.5) is 8.78 Å². The largest absolute Gasteiger partial charge is 0.490 e. The van der Waals surface area contributed by atoms with Crippen LogP contribution in [0.3, 0.4) is 0 Å². The van der Waals surface area contributed by atoms with E-state index in [4.69, 9.17) is 4.74 Å². The Morgan fingerprint density at radius 1 is 1.24 bits per heavy atom. The van der Waals surface area contributed by atoms with Crippen molar-refractivity contribution < 1.29 is 18.6 Å². The van der Waals surface area contributed by atoms with Crippen molar-refractivity contribution in [2.24, 2.45) is 5.92 Å². The van der Waals surface area contributed by atoms with E-state index in [-0.39, 0.29) is 5.75 Å². The molecule has 1 aromatic rings. The second kappa shape index (κ2) is 5.96. The molecule has 0 saturated carbocycles. The van der Waals surface area contributed by atoms with Crippen molar-refractivity contribution in [1.29, 1.82) is 0 Å². The molecular weight excluding hydrogens is 226 g/mol. The van der Waals surface area contributed by atoms with Crippen LogP contribution < -0.4 is 4.74 Å². The van der Waals surface area contributed by atoms with Gasteiger partial charge in [0, 0.05) is 0 Å². The van der Waals surface area contributed by atoms with Gasteiger partial charge in [0.2, 0.25) is 5.82 Å². The monoisotopic (exact) mass is 244 g/mol. The molecule has 0 aliphatic carbocycles. The lowest BCUT2D eigenvalue weighted by atomic mass is 10.1. The van der Waals surface area contributed by atoms with E-state index in [9.17, 15) is 13.9 Å². The molecule has 0 unspecified atom stereocenters.